The van der Waals surface area contributed by atoms with E-state index >= 15 is 0 Å². The first-order valence-corrected chi connectivity index (χ1v) is 7.73. The molecule has 0 bridgehead atoms. The second-order valence-electron chi connectivity index (χ2n) is 5.41. The molecule has 1 N–H and O–H groups in total. The summed E-state index contributed by atoms with van der Waals surface area (Å²) >= 11 is 0. The molecule has 5 nitrogen and oxygen atoms in total. The molecule has 0 aliphatic rings. The highest BCUT2D eigenvalue weighted by atomic mass is 16.5. The fourth-order valence-electron chi connectivity index (χ4n) is 2.66. The van der Waals surface area contributed by atoms with Gasteiger partial charge in [0.25, 0.3) is 5.91 Å². The minimum atomic E-state index is -0.258. The third-order valence-corrected chi connectivity index (χ3v) is 3.85. The summed E-state index contributed by atoms with van der Waals surface area (Å²) < 4.78 is 11.0. The van der Waals surface area contributed by atoms with Crippen molar-refractivity contribution < 1.29 is 19.1 Å². The fourth-order valence-corrected chi connectivity index (χ4v) is 2.66. The third-order valence-electron chi connectivity index (χ3n) is 3.85. The van der Waals surface area contributed by atoms with Crippen LogP contribution in [-0.2, 0) is 6.54 Å². The molecule has 0 spiro atoms. The van der Waals surface area contributed by atoms with Crippen LogP contribution < -0.4 is 4.74 Å². The van der Waals surface area contributed by atoms with E-state index in [0.717, 1.165) is 10.9 Å². The highest BCUT2D eigenvalue weighted by Gasteiger charge is 2.21. The summed E-state index contributed by atoms with van der Waals surface area (Å²) in [5.41, 5.74) is 1.54. The van der Waals surface area contributed by atoms with Crippen molar-refractivity contribution in [3.05, 3.63) is 65.9 Å². The highest BCUT2D eigenvalue weighted by molar-refractivity contribution is 5.96. The number of hydrogen-bond donors (Lipinski definition) is 1. The van der Waals surface area contributed by atoms with Gasteiger partial charge in [-0.3, -0.25) is 4.79 Å². The molecule has 1 heterocycles. The smallest absolute Gasteiger partial charge is 0.289 e. The summed E-state index contributed by atoms with van der Waals surface area (Å²) in [5.74, 6) is 0.712. The van der Waals surface area contributed by atoms with Gasteiger partial charge in [-0.1, -0.05) is 36.4 Å². The van der Waals surface area contributed by atoms with Gasteiger partial charge in [-0.2, -0.15) is 0 Å². The largest absolute Gasteiger partial charge is 0.496 e. The highest BCUT2D eigenvalue weighted by Crippen LogP contribution is 2.23. The molecule has 0 atom stereocenters. The number of benzene rings is 2. The summed E-state index contributed by atoms with van der Waals surface area (Å²) in [4.78, 5) is 14.3. The van der Waals surface area contributed by atoms with Gasteiger partial charge in [0, 0.05) is 24.0 Å². The van der Waals surface area contributed by atoms with Gasteiger partial charge in [-0.15, -0.1) is 0 Å². The number of carbonyl (C=O) groups is 1. The Labute approximate surface area is 140 Å². The van der Waals surface area contributed by atoms with Crippen LogP contribution in [0.15, 0.2) is 59.0 Å². The Kier molecular flexibility index (Phi) is 4.82. The van der Waals surface area contributed by atoms with E-state index < -0.39 is 0 Å². The van der Waals surface area contributed by atoms with Gasteiger partial charge in [0.15, 0.2) is 5.76 Å². The number of aliphatic hydroxyl groups is 1. The zero-order chi connectivity index (χ0) is 16.9. The monoisotopic (exact) mass is 325 g/mol. The zero-order valence-corrected chi connectivity index (χ0v) is 13.4. The van der Waals surface area contributed by atoms with E-state index in [-0.39, 0.29) is 24.8 Å². The lowest BCUT2D eigenvalue weighted by Gasteiger charge is -2.21. The number of hydrogen-bond acceptors (Lipinski definition) is 4. The molecule has 24 heavy (non-hydrogen) atoms. The van der Waals surface area contributed by atoms with E-state index in [1.165, 1.54) is 0 Å². The van der Waals surface area contributed by atoms with Crippen molar-refractivity contribution in [3.63, 3.8) is 0 Å². The number of ether oxygens (including phenoxy) is 1. The van der Waals surface area contributed by atoms with E-state index in [1.807, 2.05) is 48.5 Å². The summed E-state index contributed by atoms with van der Waals surface area (Å²) in [5, 5.41) is 10.2. The number of rotatable bonds is 6. The molecule has 2 aromatic carbocycles. The van der Waals surface area contributed by atoms with Crippen molar-refractivity contribution in [2.45, 2.75) is 6.54 Å². The van der Waals surface area contributed by atoms with Gasteiger partial charge in [-0.05, 0) is 18.2 Å². The van der Waals surface area contributed by atoms with Crippen molar-refractivity contribution in [1.29, 1.82) is 0 Å². The molecule has 124 valence electrons. The van der Waals surface area contributed by atoms with Gasteiger partial charge >= 0.3 is 0 Å². The van der Waals surface area contributed by atoms with E-state index in [4.69, 9.17) is 9.15 Å². The van der Waals surface area contributed by atoms with Gasteiger partial charge in [-0.25, -0.2) is 0 Å². The lowest BCUT2D eigenvalue weighted by Crippen LogP contribution is -2.33. The number of aliphatic hydroxyl groups excluding tert-OH is 1. The van der Waals surface area contributed by atoms with Crippen LogP contribution in [0.3, 0.4) is 0 Å². The molecule has 5 heteroatoms. The van der Waals surface area contributed by atoms with Gasteiger partial charge in [0.1, 0.15) is 11.3 Å². The van der Waals surface area contributed by atoms with Crippen molar-refractivity contribution in [3.8, 4) is 5.75 Å². The number of para-hydroxylation sites is 2. The molecule has 0 saturated heterocycles. The van der Waals surface area contributed by atoms with Crippen LogP contribution in [0, 0.1) is 0 Å². The Morgan fingerprint density at radius 1 is 1.17 bits per heavy atom. The minimum Gasteiger partial charge on any atom is -0.496 e. The number of nitrogens with zero attached hydrogens (tertiary/aromatic N) is 1. The number of amides is 1. The van der Waals surface area contributed by atoms with Crippen molar-refractivity contribution in [2.24, 2.45) is 0 Å². The lowest BCUT2D eigenvalue weighted by molar-refractivity contribution is 0.0677. The maximum Gasteiger partial charge on any atom is 0.289 e. The van der Waals surface area contributed by atoms with Crippen LogP contribution in [-0.4, -0.2) is 36.2 Å². The summed E-state index contributed by atoms with van der Waals surface area (Å²) in [7, 11) is 1.59. The summed E-state index contributed by atoms with van der Waals surface area (Å²) in [6, 6.07) is 16.7. The Balaban J connectivity index is 1.88. The minimum absolute atomic E-state index is 0.124. The maximum atomic E-state index is 12.8. The van der Waals surface area contributed by atoms with Crippen LogP contribution in [0.4, 0.5) is 0 Å². The van der Waals surface area contributed by atoms with Gasteiger partial charge < -0.3 is 19.2 Å². The molecule has 0 aliphatic heterocycles. The zero-order valence-electron chi connectivity index (χ0n) is 13.4. The Bertz CT molecular complexity index is 807. The lowest BCUT2D eigenvalue weighted by atomic mass is 10.1. The first kappa shape index (κ1) is 16.1. The molecule has 0 aliphatic carbocycles. The number of carbonyl (C=O) groups excluding carboxylic acids is 1. The molecule has 0 fully saturated rings. The molecular weight excluding hydrogens is 306 g/mol. The van der Waals surface area contributed by atoms with Crippen molar-refractivity contribution >= 4 is 16.9 Å². The normalized spacial score (nSPS) is 10.8. The predicted molar refractivity (Wildman–Crippen MR) is 91.0 cm³/mol. The predicted octanol–water partition coefficient (Wildman–Crippen LogP) is 3.08. The number of fused-ring (bicyclic) bond motifs is 1. The Hall–Kier alpha value is -2.79. The average Bonchev–Trinajstić information content (AvgIpc) is 3.05. The van der Waals surface area contributed by atoms with Crippen LogP contribution >= 0.6 is 0 Å². The van der Waals surface area contributed by atoms with Crippen LogP contribution in [0.25, 0.3) is 11.0 Å². The van der Waals surface area contributed by atoms with Gasteiger partial charge in [0.2, 0.25) is 0 Å². The van der Waals surface area contributed by atoms with Crippen LogP contribution in [0.5, 0.6) is 5.75 Å². The molecule has 3 aromatic rings. The van der Waals surface area contributed by atoms with E-state index in [0.29, 0.717) is 17.9 Å². The molecule has 3 rings (SSSR count). The van der Waals surface area contributed by atoms with Crippen LogP contribution in [0.1, 0.15) is 16.1 Å². The van der Waals surface area contributed by atoms with Crippen molar-refractivity contribution in [1.82, 2.24) is 4.90 Å². The van der Waals surface area contributed by atoms with Crippen LogP contribution in [0.2, 0.25) is 0 Å². The van der Waals surface area contributed by atoms with Gasteiger partial charge in [0.05, 0.1) is 13.7 Å². The second-order valence-corrected chi connectivity index (χ2v) is 5.41. The quantitative estimate of drug-likeness (QED) is 0.756. The number of furan rings is 1. The molecule has 0 saturated carbocycles. The molecule has 0 radical (unpaired) electrons. The van der Waals surface area contributed by atoms with E-state index in [2.05, 4.69) is 0 Å². The Morgan fingerprint density at radius 3 is 2.67 bits per heavy atom. The topological polar surface area (TPSA) is 62.9 Å². The summed E-state index contributed by atoms with van der Waals surface area (Å²) in [6.07, 6.45) is 0. The Morgan fingerprint density at radius 2 is 1.92 bits per heavy atom. The van der Waals surface area contributed by atoms with E-state index in [1.54, 1.807) is 18.1 Å². The fraction of sp³-hybridized carbons (Fsp3) is 0.211. The van der Waals surface area contributed by atoms with Crippen molar-refractivity contribution in [2.75, 3.05) is 20.3 Å². The first-order valence-electron chi connectivity index (χ1n) is 7.73. The average molecular weight is 325 g/mol. The third kappa shape index (κ3) is 3.26. The standard InChI is InChI=1S/C19H19NO4/c1-23-16-8-4-3-7-15(16)13-20(10-11-21)19(22)18-12-14-6-2-5-9-17(14)24-18/h2-9,12,21H,10-11,13H2,1H3. The maximum absolute atomic E-state index is 12.8. The molecule has 0 unspecified atom stereocenters. The molecular formula is C19H19NO4. The number of methoxy groups -OCH3 is 1. The van der Waals surface area contributed by atoms with E-state index in [9.17, 15) is 9.90 Å². The second kappa shape index (κ2) is 7.19. The molecule has 1 aromatic heterocycles. The first-order chi connectivity index (χ1) is 11.7. The SMILES string of the molecule is COc1ccccc1CN(CCO)C(=O)c1cc2ccccc2o1. The summed E-state index contributed by atoms with van der Waals surface area (Å²) in [6.45, 7) is 0.426. The molecule has 1 amide bonds.